The number of ether oxygens (including phenoxy) is 1. The fraction of sp³-hybridized carbons (Fsp3) is 0.839. The van der Waals surface area contributed by atoms with E-state index in [4.69, 9.17) is 15.0 Å². The molecule has 0 spiro atoms. The van der Waals surface area contributed by atoms with E-state index in [2.05, 4.69) is 15.0 Å². The maximum atomic E-state index is 12.3. The molecule has 0 radical (unpaired) electrons. The van der Waals surface area contributed by atoms with Crippen LogP contribution in [0.25, 0.3) is 11.2 Å². The van der Waals surface area contributed by atoms with Crippen molar-refractivity contribution < 1.29 is 18.7 Å². The fourth-order valence-electron chi connectivity index (χ4n) is 5.96. The van der Waals surface area contributed by atoms with Gasteiger partial charge >= 0.3 is 7.60 Å². The molecule has 1 unspecified atom stereocenters. The number of fused-ring (bicyclic) bond motifs is 1. The van der Waals surface area contributed by atoms with Crippen molar-refractivity contribution in [1.82, 2.24) is 19.5 Å². The third-order valence-corrected chi connectivity index (χ3v) is 9.49. The van der Waals surface area contributed by atoms with Gasteiger partial charge in [-0.15, -0.1) is 0 Å². The van der Waals surface area contributed by atoms with Gasteiger partial charge in [0.2, 0.25) is 0 Å². The molecule has 3 N–H and O–H groups in total. The summed E-state index contributed by atoms with van der Waals surface area (Å²) in [5.41, 5.74) is 6.96. The van der Waals surface area contributed by atoms with Crippen molar-refractivity contribution in [3.63, 3.8) is 0 Å². The summed E-state index contributed by atoms with van der Waals surface area (Å²) in [4.78, 5) is 22.5. The number of rotatable bonds is 24. The molecule has 2 atom stereocenters. The first-order valence-electron chi connectivity index (χ1n) is 16.4. The largest absolute Gasteiger partial charge is 0.382 e. The molecule has 2 heterocycles. The highest BCUT2D eigenvalue weighted by atomic mass is 31.2. The molecular weight excluding hydrogens is 537 g/mol. The summed E-state index contributed by atoms with van der Waals surface area (Å²) in [7, 11) is -3.78. The van der Waals surface area contributed by atoms with E-state index in [9.17, 15) is 9.46 Å². The minimum Gasteiger partial charge on any atom is -0.382 e. The molecule has 0 amide bonds. The van der Waals surface area contributed by atoms with Crippen LogP contribution in [0.3, 0.4) is 0 Å². The van der Waals surface area contributed by atoms with Crippen LogP contribution >= 0.6 is 7.60 Å². The van der Waals surface area contributed by atoms with E-state index in [-0.39, 0.29) is 19.1 Å². The predicted octanol–water partition coefficient (Wildman–Crippen LogP) is 8.40. The fourth-order valence-corrected chi connectivity index (χ4v) is 6.89. The van der Waals surface area contributed by atoms with Gasteiger partial charge in [0.15, 0.2) is 11.5 Å². The highest BCUT2D eigenvalue weighted by Crippen LogP contribution is 2.42. The van der Waals surface area contributed by atoms with Gasteiger partial charge in [-0.1, -0.05) is 122 Å². The zero-order valence-corrected chi connectivity index (χ0v) is 26.5. The van der Waals surface area contributed by atoms with Crippen molar-refractivity contribution in [3.05, 3.63) is 12.7 Å². The lowest BCUT2D eigenvalue weighted by Gasteiger charge is -2.17. The maximum Gasteiger partial charge on any atom is 0.353 e. The topological polar surface area (TPSA) is 125 Å². The normalized spacial score (nSPS) is 16.4. The summed E-state index contributed by atoms with van der Waals surface area (Å²) in [6.45, 7) is 2.54. The number of imidazole rings is 1. The molecule has 0 saturated heterocycles. The Morgan fingerprint density at radius 2 is 1.46 bits per heavy atom. The van der Waals surface area contributed by atoms with Crippen LogP contribution in [0.15, 0.2) is 12.7 Å². The van der Waals surface area contributed by atoms with Crippen LogP contribution in [0.1, 0.15) is 135 Å². The summed E-state index contributed by atoms with van der Waals surface area (Å²) < 4.78 is 25.0. The minimum absolute atomic E-state index is 0.286. The first kappa shape index (κ1) is 34.0. The predicted molar refractivity (Wildman–Crippen MR) is 167 cm³/mol. The Hall–Kier alpha value is -1.54. The van der Waals surface area contributed by atoms with Gasteiger partial charge in [-0.25, -0.2) is 15.0 Å². The van der Waals surface area contributed by atoms with Crippen LogP contribution in [0.5, 0.6) is 0 Å². The van der Waals surface area contributed by atoms with Crippen LogP contribution in [0.4, 0.5) is 5.82 Å². The molecule has 2 aromatic rings. The van der Waals surface area contributed by atoms with E-state index in [1.165, 1.54) is 115 Å². The first-order chi connectivity index (χ1) is 19.9. The number of anilines is 1. The first-order valence-corrected chi connectivity index (χ1v) is 18.2. The van der Waals surface area contributed by atoms with Crippen LogP contribution < -0.4 is 5.73 Å². The second-order valence-electron chi connectivity index (χ2n) is 12.1. The highest BCUT2D eigenvalue weighted by molar-refractivity contribution is 7.52. The van der Waals surface area contributed by atoms with Gasteiger partial charge in [0, 0.05) is 0 Å². The number of unbranched alkanes of at least 4 members (excludes halogenated alkanes) is 14. The smallest absolute Gasteiger partial charge is 0.353 e. The molecule has 3 rings (SSSR count). The third kappa shape index (κ3) is 14.0. The van der Waals surface area contributed by atoms with Crippen molar-refractivity contribution in [3.8, 4) is 0 Å². The Balaban J connectivity index is 1.06. The minimum atomic E-state index is -3.78. The molecule has 1 aliphatic rings. The number of hydrogen-bond acceptors (Lipinski definition) is 7. The zero-order chi connectivity index (χ0) is 29.2. The van der Waals surface area contributed by atoms with E-state index in [1.54, 1.807) is 10.9 Å². The molecular formula is C31H56N5O4P. The Kier molecular flexibility index (Phi) is 16.2. The lowest BCUT2D eigenvalue weighted by Crippen LogP contribution is -2.17. The number of nitrogens with two attached hydrogens (primary N) is 1. The molecule has 0 bridgehead atoms. The maximum absolute atomic E-state index is 12.3. The second-order valence-corrected chi connectivity index (χ2v) is 13.9. The lowest BCUT2D eigenvalue weighted by atomic mass is 9.99. The van der Waals surface area contributed by atoms with Crippen molar-refractivity contribution in [2.24, 2.45) is 5.92 Å². The number of nitrogen functional groups attached to an aromatic ring is 1. The van der Waals surface area contributed by atoms with Gasteiger partial charge in [0.25, 0.3) is 0 Å². The molecule has 1 saturated carbocycles. The SMILES string of the molecule is C[C@H](Cn1cnc2c(N)ncnc21)OCP(=O)(O)OCCCCCCCCCCCCCCCCCC1CCCC1. The Labute approximate surface area is 247 Å². The number of hydrogen-bond donors (Lipinski definition) is 2. The summed E-state index contributed by atoms with van der Waals surface area (Å²) in [6.07, 6.45) is 29.4. The molecule has 9 nitrogen and oxygen atoms in total. The van der Waals surface area contributed by atoms with Gasteiger partial charge < -0.3 is 24.5 Å². The molecule has 1 aliphatic carbocycles. The van der Waals surface area contributed by atoms with E-state index in [0.29, 0.717) is 23.5 Å². The average molecular weight is 594 g/mol. The number of aromatic nitrogens is 4. The van der Waals surface area contributed by atoms with Gasteiger partial charge in [0.05, 0.1) is 25.6 Å². The molecule has 1 fully saturated rings. The van der Waals surface area contributed by atoms with E-state index in [1.807, 2.05) is 6.92 Å². The summed E-state index contributed by atoms with van der Waals surface area (Å²) in [6, 6.07) is 0. The zero-order valence-electron chi connectivity index (χ0n) is 25.6. The van der Waals surface area contributed by atoms with Gasteiger partial charge in [-0.2, -0.15) is 0 Å². The summed E-state index contributed by atoms with van der Waals surface area (Å²) >= 11 is 0. The van der Waals surface area contributed by atoms with Gasteiger partial charge in [0.1, 0.15) is 18.2 Å². The van der Waals surface area contributed by atoms with Crippen molar-refractivity contribution >= 4 is 24.6 Å². The molecule has 41 heavy (non-hydrogen) atoms. The highest BCUT2D eigenvalue weighted by Gasteiger charge is 2.21. The van der Waals surface area contributed by atoms with Crippen LogP contribution in [-0.2, 0) is 20.4 Å². The Bertz CT molecular complexity index is 1010. The third-order valence-electron chi connectivity index (χ3n) is 8.43. The van der Waals surface area contributed by atoms with Crippen LogP contribution in [-0.4, -0.2) is 43.5 Å². The van der Waals surface area contributed by atoms with E-state index in [0.717, 1.165) is 25.2 Å². The second kappa shape index (κ2) is 19.6. The van der Waals surface area contributed by atoms with E-state index < -0.39 is 7.60 Å². The average Bonchev–Trinajstić information content (AvgIpc) is 3.62. The lowest BCUT2D eigenvalue weighted by molar-refractivity contribution is 0.0715. The van der Waals surface area contributed by atoms with Gasteiger partial charge in [-0.3, -0.25) is 4.57 Å². The monoisotopic (exact) mass is 593 g/mol. The standard InChI is InChI=1S/C31H56N5O4P/c1-27(23-36-25-35-29-30(32)33-24-34-31(29)36)39-26-41(37,38)40-22-18-14-12-10-8-6-4-2-3-5-7-9-11-13-15-19-28-20-16-17-21-28/h24-25,27-28H,2-23,26H2,1H3,(H,37,38)(H2,32,33,34)/t27-/m1/s1. The quantitative estimate of drug-likeness (QED) is 0.0918. The molecule has 2 aromatic heterocycles. The van der Waals surface area contributed by atoms with Crippen molar-refractivity contribution in [2.75, 3.05) is 18.7 Å². The van der Waals surface area contributed by atoms with E-state index >= 15 is 0 Å². The Morgan fingerprint density at radius 1 is 0.902 bits per heavy atom. The summed E-state index contributed by atoms with van der Waals surface area (Å²) in [5.74, 6) is 1.39. The molecule has 10 heteroatoms. The van der Waals surface area contributed by atoms with Crippen molar-refractivity contribution in [1.29, 1.82) is 0 Å². The van der Waals surface area contributed by atoms with Crippen molar-refractivity contribution in [2.45, 2.75) is 148 Å². The number of nitrogens with zero attached hydrogens (tertiary/aromatic N) is 4. The van der Waals surface area contributed by atoms with Crippen LogP contribution in [0.2, 0.25) is 0 Å². The Morgan fingerprint density at radius 3 is 2.07 bits per heavy atom. The van der Waals surface area contributed by atoms with Crippen LogP contribution in [0, 0.1) is 5.92 Å². The summed E-state index contributed by atoms with van der Waals surface area (Å²) in [5, 5.41) is 0. The van der Waals surface area contributed by atoms with Gasteiger partial charge in [-0.05, 0) is 19.3 Å². The molecule has 0 aliphatic heterocycles. The molecule has 0 aromatic carbocycles. The molecule has 234 valence electrons.